The van der Waals surface area contributed by atoms with Crippen molar-refractivity contribution in [2.24, 2.45) is 0 Å². The molecule has 0 aliphatic carbocycles. The number of epoxide rings is 1. The van der Waals surface area contributed by atoms with Gasteiger partial charge < -0.3 is 9.47 Å². The van der Waals surface area contributed by atoms with Crippen LogP contribution in [0.5, 0.6) is 0 Å². The monoisotopic (exact) mass is 395 g/mol. The Morgan fingerprint density at radius 2 is 2.00 bits per heavy atom. The Bertz CT molecular complexity index is 595. The fraction of sp³-hybridized carbons (Fsp3) is 0.533. The summed E-state index contributed by atoms with van der Waals surface area (Å²) in [5.74, 6) is 0. The number of carbonyl (C=O) groups is 1. The van der Waals surface area contributed by atoms with E-state index in [1.54, 1.807) is 20.8 Å². The molecule has 0 aromatic heterocycles. The maximum atomic E-state index is 12.8. The molecule has 128 valence electrons. The van der Waals surface area contributed by atoms with Crippen molar-refractivity contribution in [3.8, 4) is 0 Å². The van der Waals surface area contributed by atoms with Crippen LogP contribution in [0, 0.1) is 0 Å². The molecule has 1 atom stereocenters. The Kier molecular flexibility index (Phi) is 4.96. The first kappa shape index (κ1) is 18.1. The molecule has 1 fully saturated rings. The van der Waals surface area contributed by atoms with Crippen LogP contribution in [0.1, 0.15) is 26.3 Å². The topological polar surface area (TPSA) is 42.1 Å². The molecular formula is C15H17BrF3NO3. The van der Waals surface area contributed by atoms with Crippen molar-refractivity contribution in [3.05, 3.63) is 28.2 Å². The molecule has 1 saturated heterocycles. The third-order valence-corrected chi connectivity index (χ3v) is 3.60. The molecule has 0 saturated carbocycles. The number of carbonyl (C=O) groups excluding carboxylic acids is 1. The van der Waals surface area contributed by atoms with E-state index in [1.807, 2.05) is 0 Å². The molecule has 4 nitrogen and oxygen atoms in total. The number of alkyl halides is 3. The van der Waals surface area contributed by atoms with Gasteiger partial charge in [-0.15, -0.1) is 0 Å². The van der Waals surface area contributed by atoms with Crippen LogP contribution in [0.4, 0.5) is 23.7 Å². The maximum Gasteiger partial charge on any atom is 0.416 e. The molecule has 1 aromatic carbocycles. The quantitative estimate of drug-likeness (QED) is 0.701. The minimum Gasteiger partial charge on any atom is -0.443 e. The van der Waals surface area contributed by atoms with Crippen LogP contribution in [0.3, 0.4) is 0 Å². The van der Waals surface area contributed by atoms with Crippen LogP contribution >= 0.6 is 15.9 Å². The Balaban J connectivity index is 2.30. The average Bonchev–Trinajstić information content (AvgIpc) is 3.17. The Hall–Kier alpha value is -1.28. The molecule has 1 heterocycles. The van der Waals surface area contributed by atoms with E-state index in [1.165, 1.54) is 11.0 Å². The number of ether oxygens (including phenoxy) is 2. The summed E-state index contributed by atoms with van der Waals surface area (Å²) in [4.78, 5) is 13.6. The fourth-order valence-corrected chi connectivity index (χ4v) is 2.46. The van der Waals surface area contributed by atoms with E-state index in [0.29, 0.717) is 12.3 Å². The zero-order valence-corrected chi connectivity index (χ0v) is 14.5. The lowest BCUT2D eigenvalue weighted by molar-refractivity contribution is -0.137. The number of halogens is 4. The van der Waals surface area contributed by atoms with Crippen molar-refractivity contribution < 1.29 is 27.4 Å². The largest absolute Gasteiger partial charge is 0.443 e. The molecule has 0 bridgehead atoms. The van der Waals surface area contributed by atoms with Crippen molar-refractivity contribution >= 4 is 27.7 Å². The van der Waals surface area contributed by atoms with Gasteiger partial charge in [0.25, 0.3) is 0 Å². The summed E-state index contributed by atoms with van der Waals surface area (Å²) in [7, 11) is 0. The molecule has 1 amide bonds. The fourth-order valence-electron chi connectivity index (χ4n) is 1.87. The minimum absolute atomic E-state index is 0.128. The summed E-state index contributed by atoms with van der Waals surface area (Å²) >= 11 is 3.11. The summed E-state index contributed by atoms with van der Waals surface area (Å²) in [5, 5.41) is 0. The predicted molar refractivity (Wildman–Crippen MR) is 82.5 cm³/mol. The SMILES string of the molecule is CC(C)(C)OC(=O)N(C[C@H]1CO1)c1ccc(C(F)(F)F)cc1Br. The van der Waals surface area contributed by atoms with Crippen molar-refractivity contribution in [2.75, 3.05) is 18.1 Å². The van der Waals surface area contributed by atoms with Crippen molar-refractivity contribution in [1.82, 2.24) is 0 Å². The molecule has 0 N–H and O–H groups in total. The maximum absolute atomic E-state index is 12.8. The van der Waals surface area contributed by atoms with Gasteiger partial charge in [0, 0.05) is 4.47 Å². The van der Waals surface area contributed by atoms with E-state index in [9.17, 15) is 18.0 Å². The zero-order chi connectivity index (χ0) is 17.4. The van der Waals surface area contributed by atoms with Gasteiger partial charge in [0.05, 0.1) is 30.5 Å². The second-order valence-electron chi connectivity index (χ2n) is 6.21. The van der Waals surface area contributed by atoms with Gasteiger partial charge >= 0.3 is 12.3 Å². The highest BCUT2D eigenvalue weighted by atomic mass is 79.9. The minimum atomic E-state index is -4.45. The molecule has 1 aliphatic rings. The Morgan fingerprint density at radius 3 is 2.43 bits per heavy atom. The first-order chi connectivity index (χ1) is 10.5. The smallest absolute Gasteiger partial charge is 0.416 e. The molecule has 2 rings (SSSR count). The highest BCUT2D eigenvalue weighted by molar-refractivity contribution is 9.10. The van der Waals surface area contributed by atoms with Crippen LogP contribution in [-0.2, 0) is 15.7 Å². The van der Waals surface area contributed by atoms with Crippen LogP contribution < -0.4 is 4.90 Å². The van der Waals surface area contributed by atoms with Gasteiger partial charge in [-0.25, -0.2) is 4.79 Å². The number of benzene rings is 1. The lowest BCUT2D eigenvalue weighted by atomic mass is 10.2. The number of rotatable bonds is 3. The van der Waals surface area contributed by atoms with Gasteiger partial charge in [-0.2, -0.15) is 13.2 Å². The Morgan fingerprint density at radius 1 is 1.39 bits per heavy atom. The third-order valence-electron chi connectivity index (χ3n) is 2.97. The summed E-state index contributed by atoms with van der Waals surface area (Å²) in [6.45, 7) is 5.89. The van der Waals surface area contributed by atoms with Gasteiger partial charge in [-0.3, -0.25) is 4.90 Å². The van der Waals surface area contributed by atoms with Gasteiger partial charge in [0.1, 0.15) is 5.60 Å². The van der Waals surface area contributed by atoms with E-state index >= 15 is 0 Å². The van der Waals surface area contributed by atoms with Gasteiger partial charge in [-0.1, -0.05) is 0 Å². The molecule has 1 aromatic rings. The lowest BCUT2D eigenvalue weighted by Crippen LogP contribution is -2.39. The summed E-state index contributed by atoms with van der Waals surface area (Å²) in [6, 6.07) is 3.13. The second kappa shape index (κ2) is 6.32. The van der Waals surface area contributed by atoms with Crippen LogP contribution in [0.15, 0.2) is 22.7 Å². The van der Waals surface area contributed by atoms with Crippen molar-refractivity contribution in [1.29, 1.82) is 0 Å². The number of hydrogen-bond acceptors (Lipinski definition) is 3. The number of nitrogens with zero attached hydrogens (tertiary/aromatic N) is 1. The van der Waals surface area contributed by atoms with Crippen LogP contribution in [-0.4, -0.2) is 30.9 Å². The normalized spacial score (nSPS) is 17.8. The molecule has 0 spiro atoms. The number of hydrogen-bond donors (Lipinski definition) is 0. The Labute approximate surface area is 140 Å². The molecule has 8 heteroatoms. The summed E-state index contributed by atoms with van der Waals surface area (Å²) in [5.41, 5.74) is -1.19. The standard InChI is InChI=1S/C15H17BrF3NO3/c1-14(2,3)23-13(21)20(7-10-8-22-10)12-5-4-9(6-11(12)16)15(17,18)19/h4-6,10H,7-8H2,1-3H3/t10-/m0/s1. The molecule has 0 radical (unpaired) electrons. The van der Waals surface area contributed by atoms with Crippen LogP contribution in [0.25, 0.3) is 0 Å². The molecule has 1 aliphatic heterocycles. The van der Waals surface area contributed by atoms with E-state index in [-0.39, 0.29) is 17.1 Å². The summed E-state index contributed by atoms with van der Waals surface area (Å²) < 4.78 is 48.9. The van der Waals surface area contributed by atoms with Crippen molar-refractivity contribution in [3.63, 3.8) is 0 Å². The number of amides is 1. The lowest BCUT2D eigenvalue weighted by Gasteiger charge is -2.28. The third kappa shape index (κ3) is 5.10. The van der Waals surface area contributed by atoms with E-state index < -0.39 is 23.4 Å². The molecule has 23 heavy (non-hydrogen) atoms. The second-order valence-corrected chi connectivity index (χ2v) is 7.06. The van der Waals surface area contributed by atoms with E-state index in [0.717, 1.165) is 12.1 Å². The van der Waals surface area contributed by atoms with Crippen LogP contribution in [0.2, 0.25) is 0 Å². The average molecular weight is 396 g/mol. The van der Waals surface area contributed by atoms with E-state index in [2.05, 4.69) is 15.9 Å². The molecular weight excluding hydrogens is 379 g/mol. The van der Waals surface area contributed by atoms with Crippen molar-refractivity contribution in [2.45, 2.75) is 38.7 Å². The molecule has 0 unspecified atom stereocenters. The van der Waals surface area contributed by atoms with Gasteiger partial charge in [0.15, 0.2) is 0 Å². The van der Waals surface area contributed by atoms with Gasteiger partial charge in [-0.05, 0) is 54.9 Å². The number of anilines is 1. The van der Waals surface area contributed by atoms with E-state index in [4.69, 9.17) is 9.47 Å². The zero-order valence-electron chi connectivity index (χ0n) is 12.9. The van der Waals surface area contributed by atoms with Gasteiger partial charge in [0.2, 0.25) is 0 Å². The summed E-state index contributed by atoms with van der Waals surface area (Å²) in [6.07, 6.45) is -5.21. The highest BCUT2D eigenvalue weighted by Gasteiger charge is 2.34. The highest BCUT2D eigenvalue weighted by Crippen LogP contribution is 2.36. The first-order valence-electron chi connectivity index (χ1n) is 6.96. The predicted octanol–water partition coefficient (Wildman–Crippen LogP) is 4.61. The first-order valence-corrected chi connectivity index (χ1v) is 7.75.